The number of benzene rings is 1. The number of hydrogen-bond acceptors (Lipinski definition) is 1. The molecular weight excluding hydrogens is 235 g/mol. The van der Waals surface area contributed by atoms with Gasteiger partial charge in [-0.2, -0.15) is 12.6 Å². The van der Waals surface area contributed by atoms with Crippen molar-refractivity contribution in [3.05, 3.63) is 32.8 Å². The topological polar surface area (TPSA) is 0 Å². The summed E-state index contributed by atoms with van der Waals surface area (Å²) in [7, 11) is 0. The normalized spacial score (nSPS) is 13.1. The molecule has 0 radical (unpaired) electrons. The van der Waals surface area contributed by atoms with Crippen molar-refractivity contribution in [1.82, 2.24) is 0 Å². The molecule has 1 aromatic carbocycles. The zero-order valence-corrected chi connectivity index (χ0v) is 9.48. The van der Waals surface area contributed by atoms with Gasteiger partial charge in [-0.15, -0.1) is 0 Å². The summed E-state index contributed by atoms with van der Waals surface area (Å²) in [6, 6.07) is 3.55. The fourth-order valence-corrected chi connectivity index (χ4v) is 1.86. The zero-order chi connectivity index (χ0) is 9.30. The highest BCUT2D eigenvalue weighted by Gasteiger charge is 2.10. The smallest absolute Gasteiger partial charge is 0.0781 e. The Morgan fingerprint density at radius 1 is 1.17 bits per heavy atom. The van der Waals surface area contributed by atoms with E-state index in [2.05, 4.69) is 12.6 Å². The summed E-state index contributed by atoms with van der Waals surface area (Å²) in [5.41, 5.74) is 0.898. The first-order valence-corrected chi connectivity index (χ1v) is 5.00. The second kappa shape index (κ2) is 4.10. The molecule has 0 aliphatic heterocycles. The number of halogens is 3. The number of thiol groups is 1. The predicted octanol–water partition coefficient (Wildman–Crippen LogP) is 4.64. The SMILES string of the molecule is CC(S)c1ccc(Cl)c(Cl)c1Cl. The maximum absolute atomic E-state index is 5.93. The summed E-state index contributed by atoms with van der Waals surface area (Å²) in [4.78, 5) is 0. The Morgan fingerprint density at radius 3 is 2.25 bits per heavy atom. The highest BCUT2D eigenvalue weighted by atomic mass is 35.5. The highest BCUT2D eigenvalue weighted by molar-refractivity contribution is 7.80. The van der Waals surface area contributed by atoms with E-state index in [4.69, 9.17) is 34.8 Å². The van der Waals surface area contributed by atoms with Gasteiger partial charge in [0.05, 0.1) is 15.1 Å². The fraction of sp³-hybridized carbons (Fsp3) is 0.250. The van der Waals surface area contributed by atoms with E-state index in [-0.39, 0.29) is 5.25 Å². The standard InChI is InChI=1S/C8H7Cl3S/c1-4(12)5-2-3-6(9)8(11)7(5)10/h2-4,12H,1H3. The van der Waals surface area contributed by atoms with Crippen molar-refractivity contribution in [1.29, 1.82) is 0 Å². The number of hydrogen-bond donors (Lipinski definition) is 1. The van der Waals surface area contributed by atoms with E-state index in [1.165, 1.54) is 0 Å². The summed E-state index contributed by atoms with van der Waals surface area (Å²) in [6.07, 6.45) is 0. The highest BCUT2D eigenvalue weighted by Crippen LogP contribution is 2.36. The van der Waals surface area contributed by atoms with Gasteiger partial charge < -0.3 is 0 Å². The first-order chi connectivity index (χ1) is 5.54. The van der Waals surface area contributed by atoms with Gasteiger partial charge in [0.1, 0.15) is 0 Å². The minimum Gasteiger partial charge on any atom is -0.171 e. The van der Waals surface area contributed by atoms with Crippen molar-refractivity contribution in [2.45, 2.75) is 12.2 Å². The minimum atomic E-state index is 0.0623. The third-order valence-electron chi connectivity index (χ3n) is 1.52. The average molecular weight is 242 g/mol. The largest absolute Gasteiger partial charge is 0.171 e. The second-order valence-corrected chi connectivity index (χ2v) is 4.38. The monoisotopic (exact) mass is 240 g/mol. The molecule has 0 aliphatic rings. The Kier molecular flexibility index (Phi) is 3.59. The van der Waals surface area contributed by atoms with Crippen molar-refractivity contribution in [3.8, 4) is 0 Å². The molecular formula is C8H7Cl3S. The minimum absolute atomic E-state index is 0.0623. The first kappa shape index (κ1) is 10.5. The van der Waals surface area contributed by atoms with E-state index in [9.17, 15) is 0 Å². The molecule has 1 rings (SSSR count). The lowest BCUT2D eigenvalue weighted by Gasteiger charge is -2.09. The lowest BCUT2D eigenvalue weighted by molar-refractivity contribution is 1.11. The van der Waals surface area contributed by atoms with Crippen molar-refractivity contribution in [3.63, 3.8) is 0 Å². The molecule has 66 valence electrons. The van der Waals surface area contributed by atoms with Gasteiger partial charge in [0, 0.05) is 5.25 Å². The molecule has 1 atom stereocenters. The first-order valence-electron chi connectivity index (χ1n) is 3.35. The van der Waals surface area contributed by atoms with E-state index in [1.807, 2.05) is 13.0 Å². The molecule has 1 unspecified atom stereocenters. The summed E-state index contributed by atoms with van der Waals surface area (Å²) in [5, 5.41) is 1.43. The quantitative estimate of drug-likeness (QED) is 0.537. The molecule has 0 amide bonds. The summed E-state index contributed by atoms with van der Waals surface area (Å²) in [6.45, 7) is 1.93. The van der Waals surface area contributed by atoms with Gasteiger partial charge in [0.15, 0.2) is 0 Å². The molecule has 0 aromatic heterocycles. The zero-order valence-electron chi connectivity index (χ0n) is 6.31. The van der Waals surface area contributed by atoms with Gasteiger partial charge in [0.2, 0.25) is 0 Å². The summed E-state index contributed by atoms with van der Waals surface area (Å²) >= 11 is 21.8. The Morgan fingerprint density at radius 2 is 1.75 bits per heavy atom. The molecule has 0 bridgehead atoms. The fourth-order valence-electron chi connectivity index (χ4n) is 0.863. The van der Waals surface area contributed by atoms with Crippen LogP contribution in [0.4, 0.5) is 0 Å². The molecule has 0 saturated heterocycles. The molecule has 0 fully saturated rings. The van der Waals surface area contributed by atoms with Crippen LogP contribution in [0.2, 0.25) is 15.1 Å². The second-order valence-electron chi connectivity index (χ2n) is 2.44. The van der Waals surface area contributed by atoms with Crippen LogP contribution < -0.4 is 0 Å². The molecule has 0 N–H and O–H groups in total. The summed E-state index contributed by atoms with van der Waals surface area (Å²) in [5.74, 6) is 0. The van der Waals surface area contributed by atoms with E-state index < -0.39 is 0 Å². The van der Waals surface area contributed by atoms with Crippen LogP contribution in [-0.4, -0.2) is 0 Å². The summed E-state index contributed by atoms with van der Waals surface area (Å²) < 4.78 is 0. The van der Waals surface area contributed by atoms with E-state index in [0.29, 0.717) is 15.1 Å². The molecule has 12 heavy (non-hydrogen) atoms. The Bertz CT molecular complexity index is 297. The van der Waals surface area contributed by atoms with Crippen LogP contribution >= 0.6 is 47.4 Å². The molecule has 4 heteroatoms. The lowest BCUT2D eigenvalue weighted by Crippen LogP contribution is -1.86. The van der Waals surface area contributed by atoms with E-state index in [1.54, 1.807) is 6.07 Å². The average Bonchev–Trinajstić information content (AvgIpc) is 2.00. The van der Waals surface area contributed by atoms with Crippen LogP contribution in [0, 0.1) is 0 Å². The van der Waals surface area contributed by atoms with Gasteiger partial charge in [-0.05, 0) is 18.6 Å². The molecule has 1 aromatic rings. The van der Waals surface area contributed by atoms with Crippen LogP contribution in [0.25, 0.3) is 0 Å². The van der Waals surface area contributed by atoms with Crippen LogP contribution in [-0.2, 0) is 0 Å². The maximum Gasteiger partial charge on any atom is 0.0781 e. The third kappa shape index (κ3) is 2.02. The van der Waals surface area contributed by atoms with Crippen molar-refractivity contribution < 1.29 is 0 Å². The Labute approximate surface area is 92.2 Å². The van der Waals surface area contributed by atoms with Crippen LogP contribution in [0.3, 0.4) is 0 Å². The molecule has 0 saturated carbocycles. The van der Waals surface area contributed by atoms with Gasteiger partial charge in [-0.25, -0.2) is 0 Å². The maximum atomic E-state index is 5.93. The molecule has 0 aliphatic carbocycles. The van der Waals surface area contributed by atoms with Gasteiger partial charge in [0.25, 0.3) is 0 Å². The molecule has 0 heterocycles. The van der Waals surface area contributed by atoms with Gasteiger partial charge in [-0.3, -0.25) is 0 Å². The van der Waals surface area contributed by atoms with E-state index in [0.717, 1.165) is 5.56 Å². The predicted molar refractivity (Wildman–Crippen MR) is 58.9 cm³/mol. The molecule has 0 nitrogen and oxygen atoms in total. The van der Waals surface area contributed by atoms with E-state index >= 15 is 0 Å². The van der Waals surface area contributed by atoms with Crippen LogP contribution in [0.5, 0.6) is 0 Å². The Balaban J connectivity index is 3.27. The number of rotatable bonds is 1. The van der Waals surface area contributed by atoms with Crippen molar-refractivity contribution in [2.75, 3.05) is 0 Å². The lowest BCUT2D eigenvalue weighted by atomic mass is 10.2. The molecule has 0 spiro atoms. The third-order valence-corrected chi connectivity index (χ3v) is 3.10. The Hall–Kier alpha value is 0.440. The van der Waals surface area contributed by atoms with Crippen LogP contribution in [0.15, 0.2) is 12.1 Å². The van der Waals surface area contributed by atoms with Gasteiger partial charge in [-0.1, -0.05) is 40.9 Å². The van der Waals surface area contributed by atoms with Crippen LogP contribution in [0.1, 0.15) is 17.7 Å². The van der Waals surface area contributed by atoms with Gasteiger partial charge >= 0.3 is 0 Å². The van der Waals surface area contributed by atoms with Crippen molar-refractivity contribution in [2.24, 2.45) is 0 Å². The van der Waals surface area contributed by atoms with Crippen molar-refractivity contribution >= 4 is 47.4 Å².